The molecule has 0 saturated carbocycles. The van der Waals surface area contributed by atoms with Gasteiger partial charge in [0.15, 0.2) is 5.78 Å². The molecule has 0 radical (unpaired) electrons. The molecule has 0 unspecified atom stereocenters. The number of nitrogens with one attached hydrogen (secondary N) is 1. The molecule has 4 rings (SSSR count). The number of Topliss-reactive ketones (excluding diaryl/α,β-unsaturated/α-hetero) is 1. The predicted octanol–water partition coefficient (Wildman–Crippen LogP) is 4.40. The van der Waals surface area contributed by atoms with Crippen molar-refractivity contribution in [1.82, 2.24) is 20.2 Å². The molecule has 0 spiro atoms. The summed E-state index contributed by atoms with van der Waals surface area (Å²) >= 11 is 0. The Bertz CT molecular complexity index is 1050. The van der Waals surface area contributed by atoms with E-state index in [0.717, 1.165) is 33.8 Å². The van der Waals surface area contributed by atoms with Gasteiger partial charge in [-0.05, 0) is 36.8 Å². The molecule has 0 amide bonds. The highest BCUT2D eigenvalue weighted by Gasteiger charge is 2.12. The zero-order chi connectivity index (χ0) is 17.9. The van der Waals surface area contributed by atoms with Gasteiger partial charge >= 0.3 is 0 Å². The number of carbonyl (C=O) groups is 1. The molecule has 0 aliphatic rings. The van der Waals surface area contributed by atoms with Gasteiger partial charge in [0.25, 0.3) is 0 Å². The topological polar surface area (TPSA) is 71.5 Å². The van der Waals surface area contributed by atoms with Crippen molar-refractivity contribution in [1.29, 1.82) is 0 Å². The maximum absolute atomic E-state index is 11.4. The molecular weight excluding hydrogens is 324 g/mol. The minimum Gasteiger partial charge on any atom is -0.295 e. The Morgan fingerprint density at radius 3 is 2.42 bits per heavy atom. The first kappa shape index (κ1) is 15.9. The number of aromatic nitrogens is 4. The molecule has 5 nitrogen and oxygen atoms in total. The lowest BCUT2D eigenvalue weighted by molar-refractivity contribution is 0.101. The molecule has 0 aliphatic heterocycles. The number of pyridine rings is 2. The second-order valence-electron chi connectivity index (χ2n) is 5.94. The van der Waals surface area contributed by atoms with Crippen LogP contribution < -0.4 is 0 Å². The molecule has 0 atom stereocenters. The molecule has 3 aromatic heterocycles. The van der Waals surface area contributed by atoms with Crippen LogP contribution in [-0.2, 0) is 0 Å². The van der Waals surface area contributed by atoms with Crippen molar-refractivity contribution in [3.63, 3.8) is 0 Å². The van der Waals surface area contributed by atoms with E-state index in [-0.39, 0.29) is 5.78 Å². The number of benzene rings is 1. The lowest BCUT2D eigenvalue weighted by Crippen LogP contribution is -1.92. The third-order valence-corrected chi connectivity index (χ3v) is 4.22. The van der Waals surface area contributed by atoms with Gasteiger partial charge in [-0.15, -0.1) is 0 Å². The van der Waals surface area contributed by atoms with E-state index in [4.69, 9.17) is 0 Å². The summed E-state index contributed by atoms with van der Waals surface area (Å²) in [6.07, 6.45) is 5.33. The summed E-state index contributed by atoms with van der Waals surface area (Å²) in [6, 6.07) is 17.2. The molecule has 0 saturated heterocycles. The molecule has 26 heavy (non-hydrogen) atoms. The Kier molecular flexibility index (Phi) is 4.11. The summed E-state index contributed by atoms with van der Waals surface area (Å²) in [5.74, 6) is 0.0525. The Balaban J connectivity index is 1.73. The Hall–Kier alpha value is -3.60. The molecule has 5 heteroatoms. The number of aromatic amines is 1. The van der Waals surface area contributed by atoms with E-state index in [9.17, 15) is 4.79 Å². The first-order valence-electron chi connectivity index (χ1n) is 8.25. The Morgan fingerprint density at radius 1 is 0.885 bits per heavy atom. The summed E-state index contributed by atoms with van der Waals surface area (Å²) in [4.78, 5) is 20.3. The van der Waals surface area contributed by atoms with Crippen molar-refractivity contribution in [3.05, 3.63) is 78.8 Å². The molecular formula is C21H16N4O. The van der Waals surface area contributed by atoms with Gasteiger partial charge in [0.05, 0.1) is 23.3 Å². The largest absolute Gasteiger partial charge is 0.295 e. The van der Waals surface area contributed by atoms with Crippen molar-refractivity contribution in [2.75, 3.05) is 0 Å². The van der Waals surface area contributed by atoms with E-state index in [0.29, 0.717) is 5.56 Å². The minimum atomic E-state index is 0.0525. The fourth-order valence-electron chi connectivity index (χ4n) is 2.84. The monoisotopic (exact) mass is 340 g/mol. The average molecular weight is 340 g/mol. The van der Waals surface area contributed by atoms with Crippen LogP contribution >= 0.6 is 0 Å². The van der Waals surface area contributed by atoms with Gasteiger partial charge < -0.3 is 0 Å². The van der Waals surface area contributed by atoms with Crippen LogP contribution in [0.1, 0.15) is 17.3 Å². The second kappa shape index (κ2) is 6.72. The fraction of sp³-hybridized carbons (Fsp3) is 0.0476. The highest BCUT2D eigenvalue weighted by atomic mass is 16.1. The summed E-state index contributed by atoms with van der Waals surface area (Å²) in [7, 11) is 0. The van der Waals surface area contributed by atoms with Gasteiger partial charge in [-0.1, -0.05) is 30.3 Å². The number of hydrogen-bond donors (Lipinski definition) is 1. The highest BCUT2D eigenvalue weighted by Crippen LogP contribution is 2.30. The van der Waals surface area contributed by atoms with Gasteiger partial charge in [-0.2, -0.15) is 5.10 Å². The number of rotatable bonds is 4. The molecule has 3 heterocycles. The van der Waals surface area contributed by atoms with Gasteiger partial charge in [0, 0.05) is 29.1 Å². The number of hydrogen-bond acceptors (Lipinski definition) is 4. The van der Waals surface area contributed by atoms with Crippen LogP contribution in [0.3, 0.4) is 0 Å². The quantitative estimate of drug-likeness (QED) is 0.559. The number of H-pyrrole nitrogens is 1. The van der Waals surface area contributed by atoms with Crippen molar-refractivity contribution >= 4 is 5.78 Å². The van der Waals surface area contributed by atoms with Gasteiger partial charge in [-0.3, -0.25) is 19.9 Å². The zero-order valence-corrected chi connectivity index (χ0v) is 14.2. The van der Waals surface area contributed by atoms with E-state index in [2.05, 4.69) is 20.2 Å². The van der Waals surface area contributed by atoms with Crippen LogP contribution in [0.5, 0.6) is 0 Å². The normalized spacial score (nSPS) is 10.7. The minimum absolute atomic E-state index is 0.0525. The van der Waals surface area contributed by atoms with Crippen LogP contribution in [0.25, 0.3) is 33.8 Å². The molecule has 1 aromatic carbocycles. The smallest absolute Gasteiger partial charge is 0.159 e. The standard InChI is InChI=1S/C21H16N4O/c1-14(26)15-5-7-16(8-6-15)20-12-17(9-11-23-20)18-13-24-25-21(18)19-4-2-3-10-22-19/h2-13H,1H3,(H,24,25). The first-order valence-corrected chi connectivity index (χ1v) is 8.25. The Morgan fingerprint density at radius 2 is 1.69 bits per heavy atom. The third kappa shape index (κ3) is 3.02. The van der Waals surface area contributed by atoms with Crippen molar-refractivity contribution in [2.45, 2.75) is 6.92 Å². The predicted molar refractivity (Wildman–Crippen MR) is 100 cm³/mol. The molecule has 0 fully saturated rings. The van der Waals surface area contributed by atoms with Crippen LogP contribution in [0, 0.1) is 0 Å². The maximum Gasteiger partial charge on any atom is 0.159 e. The molecule has 0 bridgehead atoms. The van der Waals surface area contributed by atoms with E-state index in [1.165, 1.54) is 0 Å². The van der Waals surface area contributed by atoms with Crippen LogP contribution in [-0.4, -0.2) is 25.9 Å². The maximum atomic E-state index is 11.4. The van der Waals surface area contributed by atoms with Crippen molar-refractivity contribution < 1.29 is 4.79 Å². The molecule has 1 N–H and O–H groups in total. The SMILES string of the molecule is CC(=O)c1ccc(-c2cc(-c3cn[nH]c3-c3ccccn3)ccn2)cc1. The molecule has 126 valence electrons. The number of ketones is 1. The molecule has 0 aliphatic carbocycles. The van der Waals surface area contributed by atoms with E-state index < -0.39 is 0 Å². The Labute approximate surface area is 150 Å². The lowest BCUT2D eigenvalue weighted by atomic mass is 10.0. The number of nitrogens with zero attached hydrogens (tertiary/aromatic N) is 3. The van der Waals surface area contributed by atoms with Gasteiger partial charge in [0.2, 0.25) is 0 Å². The summed E-state index contributed by atoms with van der Waals surface area (Å²) in [6.45, 7) is 1.56. The second-order valence-corrected chi connectivity index (χ2v) is 5.94. The fourth-order valence-corrected chi connectivity index (χ4v) is 2.84. The van der Waals surface area contributed by atoms with Crippen molar-refractivity contribution in [2.24, 2.45) is 0 Å². The van der Waals surface area contributed by atoms with Crippen LogP contribution in [0.15, 0.2) is 73.2 Å². The van der Waals surface area contributed by atoms with E-state index >= 15 is 0 Å². The molecule has 4 aromatic rings. The van der Waals surface area contributed by atoms with Crippen molar-refractivity contribution in [3.8, 4) is 33.8 Å². The van der Waals surface area contributed by atoms with Crippen LogP contribution in [0.2, 0.25) is 0 Å². The van der Waals surface area contributed by atoms with Gasteiger partial charge in [-0.25, -0.2) is 0 Å². The summed E-state index contributed by atoms with van der Waals surface area (Å²) in [5.41, 5.74) is 6.16. The van der Waals surface area contributed by atoms with E-state index in [1.807, 2.05) is 54.6 Å². The zero-order valence-electron chi connectivity index (χ0n) is 14.2. The summed E-state index contributed by atoms with van der Waals surface area (Å²) in [5, 5.41) is 7.21. The first-order chi connectivity index (χ1) is 12.7. The van der Waals surface area contributed by atoms with Gasteiger partial charge in [0.1, 0.15) is 0 Å². The van der Waals surface area contributed by atoms with Crippen LogP contribution in [0.4, 0.5) is 0 Å². The summed E-state index contributed by atoms with van der Waals surface area (Å²) < 4.78 is 0. The lowest BCUT2D eigenvalue weighted by Gasteiger charge is -2.06. The third-order valence-electron chi connectivity index (χ3n) is 4.22. The number of carbonyl (C=O) groups excluding carboxylic acids is 1. The highest BCUT2D eigenvalue weighted by molar-refractivity contribution is 5.94. The van der Waals surface area contributed by atoms with E-state index in [1.54, 1.807) is 25.5 Å². The average Bonchev–Trinajstić information content (AvgIpc) is 3.19.